The third kappa shape index (κ3) is 3.96. The van der Waals surface area contributed by atoms with Gasteiger partial charge in [0.25, 0.3) is 0 Å². The summed E-state index contributed by atoms with van der Waals surface area (Å²) in [6.07, 6.45) is 1.31. The molecule has 0 aliphatic carbocycles. The molecule has 128 valence electrons. The fraction of sp³-hybridized carbons (Fsp3) is 0.353. The van der Waals surface area contributed by atoms with Crippen molar-refractivity contribution in [2.24, 2.45) is 0 Å². The molecule has 1 fully saturated rings. The average Bonchev–Trinajstić information content (AvgIpc) is 2.56. The van der Waals surface area contributed by atoms with Crippen molar-refractivity contribution in [2.45, 2.75) is 30.8 Å². The van der Waals surface area contributed by atoms with Gasteiger partial charge in [-0.05, 0) is 50.1 Å². The quantitative estimate of drug-likeness (QED) is 0.774. The highest BCUT2D eigenvalue weighted by Gasteiger charge is 2.30. The van der Waals surface area contributed by atoms with Crippen LogP contribution in [0.15, 0.2) is 51.8 Å². The number of aryl methyl sites for hydroxylation is 1. The molecule has 2 aromatic rings. The molecule has 3 rings (SSSR count). The van der Waals surface area contributed by atoms with Gasteiger partial charge < -0.3 is 4.74 Å². The molecule has 7 heteroatoms. The smallest absolute Gasteiger partial charge is 0.243 e. The van der Waals surface area contributed by atoms with Crippen LogP contribution in [-0.4, -0.2) is 36.9 Å². The fourth-order valence-electron chi connectivity index (χ4n) is 2.70. The Bertz CT molecular complexity index is 801. The third-order valence-electron chi connectivity index (χ3n) is 4.00. The van der Waals surface area contributed by atoms with E-state index in [1.165, 1.54) is 4.31 Å². The minimum absolute atomic E-state index is 0.00401. The lowest BCUT2D eigenvalue weighted by Crippen LogP contribution is -2.41. The number of pyridine rings is 1. The van der Waals surface area contributed by atoms with E-state index in [1.807, 2.05) is 25.1 Å². The van der Waals surface area contributed by atoms with E-state index in [1.54, 1.807) is 24.3 Å². The summed E-state index contributed by atoms with van der Waals surface area (Å²) >= 11 is 3.32. The summed E-state index contributed by atoms with van der Waals surface area (Å²) in [6.45, 7) is 2.82. The summed E-state index contributed by atoms with van der Waals surface area (Å²) in [5.74, 6) is 0.601. The van der Waals surface area contributed by atoms with Crippen LogP contribution < -0.4 is 4.74 Å². The van der Waals surface area contributed by atoms with E-state index >= 15 is 0 Å². The van der Waals surface area contributed by atoms with E-state index in [0.717, 1.165) is 10.2 Å². The Balaban J connectivity index is 1.63. The molecule has 0 unspecified atom stereocenters. The lowest BCUT2D eigenvalue weighted by atomic mass is 10.1. The molecule has 5 nitrogen and oxygen atoms in total. The Morgan fingerprint density at radius 3 is 2.42 bits per heavy atom. The molecule has 0 spiro atoms. The maximum Gasteiger partial charge on any atom is 0.243 e. The zero-order valence-electron chi connectivity index (χ0n) is 13.4. The SMILES string of the molecule is Cc1cccc(OC2CCN(S(=O)(=O)c3ccc(Br)cc3)CC2)n1. The number of sulfonamides is 1. The van der Waals surface area contributed by atoms with Crippen molar-refractivity contribution in [1.29, 1.82) is 0 Å². The molecular formula is C17H19BrN2O3S. The fourth-order valence-corrected chi connectivity index (χ4v) is 4.43. The number of piperidine rings is 1. The number of halogens is 1. The zero-order chi connectivity index (χ0) is 17.2. The molecule has 2 heterocycles. The maximum atomic E-state index is 12.7. The first kappa shape index (κ1) is 17.4. The van der Waals surface area contributed by atoms with Gasteiger partial charge in [0.1, 0.15) is 6.10 Å². The molecule has 0 N–H and O–H groups in total. The molecule has 0 saturated carbocycles. The highest BCUT2D eigenvalue weighted by atomic mass is 79.9. The summed E-state index contributed by atoms with van der Waals surface area (Å²) in [5, 5.41) is 0. The van der Waals surface area contributed by atoms with E-state index in [-0.39, 0.29) is 6.10 Å². The van der Waals surface area contributed by atoms with Crippen molar-refractivity contribution in [3.05, 3.63) is 52.6 Å². The molecule has 1 saturated heterocycles. The largest absolute Gasteiger partial charge is 0.474 e. The van der Waals surface area contributed by atoms with Crippen LogP contribution in [0.25, 0.3) is 0 Å². The monoisotopic (exact) mass is 410 g/mol. The molecule has 0 radical (unpaired) electrons. The van der Waals surface area contributed by atoms with Gasteiger partial charge in [-0.15, -0.1) is 0 Å². The second-order valence-electron chi connectivity index (χ2n) is 5.79. The van der Waals surface area contributed by atoms with E-state index in [2.05, 4.69) is 20.9 Å². The van der Waals surface area contributed by atoms with Crippen molar-refractivity contribution in [3.63, 3.8) is 0 Å². The molecule has 0 bridgehead atoms. The highest BCUT2D eigenvalue weighted by Crippen LogP contribution is 2.24. The number of rotatable bonds is 4. The Kier molecular flexibility index (Phi) is 5.22. The van der Waals surface area contributed by atoms with Gasteiger partial charge in [-0.2, -0.15) is 4.31 Å². The van der Waals surface area contributed by atoms with Gasteiger partial charge in [-0.1, -0.05) is 22.0 Å². The van der Waals surface area contributed by atoms with Crippen LogP contribution in [0.4, 0.5) is 0 Å². The highest BCUT2D eigenvalue weighted by molar-refractivity contribution is 9.10. The van der Waals surface area contributed by atoms with Crippen LogP contribution in [-0.2, 0) is 10.0 Å². The van der Waals surface area contributed by atoms with Crippen LogP contribution in [0.5, 0.6) is 5.88 Å². The Hall–Kier alpha value is -1.44. The first-order chi connectivity index (χ1) is 11.4. The summed E-state index contributed by atoms with van der Waals surface area (Å²) < 4.78 is 33.6. The number of hydrogen-bond donors (Lipinski definition) is 0. The van der Waals surface area contributed by atoms with Crippen molar-refractivity contribution < 1.29 is 13.2 Å². The second-order valence-corrected chi connectivity index (χ2v) is 8.65. The topological polar surface area (TPSA) is 59.5 Å². The van der Waals surface area contributed by atoms with Gasteiger partial charge in [0.05, 0.1) is 4.90 Å². The normalized spacial score (nSPS) is 16.9. The lowest BCUT2D eigenvalue weighted by molar-refractivity contribution is 0.129. The Morgan fingerprint density at radius 2 is 1.79 bits per heavy atom. The summed E-state index contributed by atoms with van der Waals surface area (Å²) in [6, 6.07) is 12.4. The van der Waals surface area contributed by atoms with Gasteiger partial charge in [0, 0.05) is 29.3 Å². The number of hydrogen-bond acceptors (Lipinski definition) is 4. The Morgan fingerprint density at radius 1 is 1.12 bits per heavy atom. The van der Waals surface area contributed by atoms with Gasteiger partial charge >= 0.3 is 0 Å². The molecule has 1 aliphatic rings. The van der Waals surface area contributed by atoms with Gasteiger partial charge in [-0.3, -0.25) is 0 Å². The first-order valence-electron chi connectivity index (χ1n) is 7.81. The number of nitrogens with zero attached hydrogens (tertiary/aromatic N) is 2. The van der Waals surface area contributed by atoms with Gasteiger partial charge in [0.15, 0.2) is 0 Å². The van der Waals surface area contributed by atoms with Gasteiger partial charge in [-0.25, -0.2) is 13.4 Å². The number of aromatic nitrogens is 1. The molecule has 1 aliphatic heterocycles. The molecule has 1 aromatic heterocycles. The summed E-state index contributed by atoms with van der Waals surface area (Å²) in [4.78, 5) is 4.66. The van der Waals surface area contributed by atoms with Crippen LogP contribution in [0.1, 0.15) is 18.5 Å². The molecule has 24 heavy (non-hydrogen) atoms. The van der Waals surface area contributed by atoms with Gasteiger partial charge in [0.2, 0.25) is 15.9 Å². The van der Waals surface area contributed by atoms with Crippen LogP contribution in [0, 0.1) is 6.92 Å². The Labute approximate surface area is 150 Å². The van der Waals surface area contributed by atoms with Crippen LogP contribution in [0.2, 0.25) is 0 Å². The van der Waals surface area contributed by atoms with Crippen LogP contribution >= 0.6 is 15.9 Å². The van der Waals surface area contributed by atoms with Crippen molar-refractivity contribution in [2.75, 3.05) is 13.1 Å². The molecule has 0 amide bonds. The van der Waals surface area contributed by atoms with Crippen molar-refractivity contribution in [1.82, 2.24) is 9.29 Å². The standard InChI is InChI=1S/C17H19BrN2O3S/c1-13-3-2-4-17(19-13)23-15-9-11-20(12-10-15)24(21,22)16-7-5-14(18)6-8-16/h2-8,15H,9-12H2,1H3. The second kappa shape index (κ2) is 7.21. The molecule has 1 aromatic carbocycles. The van der Waals surface area contributed by atoms with E-state index in [0.29, 0.717) is 36.7 Å². The van der Waals surface area contributed by atoms with Crippen molar-refractivity contribution >= 4 is 26.0 Å². The number of ether oxygens (including phenoxy) is 1. The van der Waals surface area contributed by atoms with Crippen molar-refractivity contribution in [3.8, 4) is 5.88 Å². The average molecular weight is 411 g/mol. The number of benzene rings is 1. The van der Waals surface area contributed by atoms with E-state index in [4.69, 9.17) is 4.74 Å². The third-order valence-corrected chi connectivity index (χ3v) is 6.44. The molecular weight excluding hydrogens is 392 g/mol. The van der Waals surface area contributed by atoms with Crippen LogP contribution in [0.3, 0.4) is 0 Å². The minimum atomic E-state index is -3.44. The zero-order valence-corrected chi connectivity index (χ0v) is 15.8. The first-order valence-corrected chi connectivity index (χ1v) is 10.0. The summed E-state index contributed by atoms with van der Waals surface area (Å²) in [7, 11) is -3.44. The predicted molar refractivity (Wildman–Crippen MR) is 95.5 cm³/mol. The maximum absolute atomic E-state index is 12.7. The van der Waals surface area contributed by atoms with E-state index in [9.17, 15) is 8.42 Å². The lowest BCUT2D eigenvalue weighted by Gasteiger charge is -2.31. The minimum Gasteiger partial charge on any atom is -0.474 e. The predicted octanol–water partition coefficient (Wildman–Crippen LogP) is 3.38. The molecule has 0 atom stereocenters. The summed E-state index contributed by atoms with van der Waals surface area (Å²) in [5.41, 5.74) is 0.905. The van der Waals surface area contributed by atoms with E-state index < -0.39 is 10.0 Å².